The third kappa shape index (κ3) is 30.8. The minimum Gasteiger partial charge on any atom is -0.127 e. The van der Waals surface area contributed by atoms with Gasteiger partial charge in [0.15, 0.2) is 0 Å². The molecule has 0 unspecified atom stereocenters. The van der Waals surface area contributed by atoms with Crippen LogP contribution in [0, 0.1) is 0 Å². The van der Waals surface area contributed by atoms with E-state index >= 15 is 0 Å². The fraction of sp³-hybridized carbons (Fsp3) is 1.00. The predicted octanol–water partition coefficient (Wildman–Crippen LogP) is 12.5. The fourth-order valence-electron chi connectivity index (χ4n) is 4.79. The van der Waals surface area contributed by atoms with Gasteiger partial charge in [-0.3, -0.25) is 0 Å². The largest absolute Gasteiger partial charge is 0.127 e. The maximum Gasteiger partial charge on any atom is 0.0223 e. The summed E-state index contributed by atoms with van der Waals surface area (Å²) in [6.45, 7) is 0. The summed E-state index contributed by atoms with van der Waals surface area (Å²) in [7, 11) is 0. The monoisotopic (exact) mass is 534 g/mol. The topological polar surface area (TPSA) is 0 Å². The Hall–Kier alpha value is 0.770. The summed E-state index contributed by atoms with van der Waals surface area (Å²) < 4.78 is 0. The quantitative estimate of drug-likeness (QED) is 0.0659. The second-order valence-electron chi connectivity index (χ2n) is 10.3. The molecule has 0 spiro atoms. The first-order valence-electron chi connectivity index (χ1n) is 15.0. The van der Waals surface area contributed by atoms with E-state index in [2.05, 4.69) is 15.9 Å². The molecule has 0 rings (SSSR count). The van der Waals surface area contributed by atoms with E-state index in [1.807, 2.05) is 0 Å². The van der Waals surface area contributed by atoms with Gasteiger partial charge in [-0.2, -0.15) is 0 Å². The molecular weight excluding hydrogens is 476 g/mol. The Balaban J connectivity index is 2.98. The van der Waals surface area contributed by atoms with Crippen molar-refractivity contribution in [2.45, 2.75) is 180 Å². The normalized spacial score (nSPS) is 11.4. The first kappa shape index (κ1) is 32.8. The number of alkyl halides is 2. The maximum absolute atomic E-state index is 5.71. The van der Waals surface area contributed by atoms with Crippen LogP contribution in [0.2, 0.25) is 0 Å². The summed E-state index contributed by atoms with van der Waals surface area (Å²) >= 11 is 9.23. The van der Waals surface area contributed by atoms with Crippen molar-refractivity contribution < 1.29 is 0 Å². The van der Waals surface area contributed by atoms with Gasteiger partial charge in [0.25, 0.3) is 0 Å². The van der Waals surface area contributed by atoms with E-state index in [4.69, 9.17) is 11.6 Å². The summed E-state index contributed by atoms with van der Waals surface area (Å²) in [4.78, 5) is 0. The van der Waals surface area contributed by atoms with Crippen LogP contribution in [0.3, 0.4) is 0 Å². The van der Waals surface area contributed by atoms with Gasteiger partial charge in [0.05, 0.1) is 0 Å². The molecule has 0 radical (unpaired) electrons. The number of unbranched alkanes of at least 4 members (excludes halogenated alkanes) is 27. The van der Waals surface area contributed by atoms with E-state index in [1.54, 1.807) is 0 Å². The molecule has 0 aliphatic rings. The molecule has 0 bridgehead atoms. The van der Waals surface area contributed by atoms with Gasteiger partial charge in [0.1, 0.15) is 0 Å². The molecule has 0 aromatic carbocycles. The first-order chi connectivity index (χ1) is 15.9. The minimum absolute atomic E-state index is 0.846. The third-order valence-electron chi connectivity index (χ3n) is 7.02. The van der Waals surface area contributed by atoms with Crippen LogP contribution in [-0.2, 0) is 0 Å². The van der Waals surface area contributed by atoms with Crippen molar-refractivity contribution in [2.75, 3.05) is 11.2 Å². The molecule has 0 nitrogen and oxygen atoms in total. The fourth-order valence-corrected chi connectivity index (χ4v) is 5.37. The molecular formula is C30H60BrCl. The Morgan fingerprint density at radius 3 is 0.562 bits per heavy atom. The molecule has 0 heterocycles. The van der Waals surface area contributed by atoms with Gasteiger partial charge in [-0.15, -0.1) is 11.6 Å². The van der Waals surface area contributed by atoms with Crippen molar-refractivity contribution in [3.8, 4) is 0 Å². The highest BCUT2D eigenvalue weighted by Gasteiger charge is 1.96. The zero-order chi connectivity index (χ0) is 23.2. The Morgan fingerprint density at radius 1 is 0.250 bits per heavy atom. The van der Waals surface area contributed by atoms with Crippen molar-refractivity contribution in [3.05, 3.63) is 0 Å². The van der Waals surface area contributed by atoms with Crippen LogP contribution < -0.4 is 0 Å². The SMILES string of the molecule is ClCCCCCCCCCCCCCCCCCCCCCCCCCCCCCCBr. The molecule has 0 aliphatic heterocycles. The molecule has 2 heteroatoms. The summed E-state index contributed by atoms with van der Waals surface area (Å²) in [6.07, 6.45) is 40.6. The summed E-state index contributed by atoms with van der Waals surface area (Å²) in [5, 5.41) is 1.18. The van der Waals surface area contributed by atoms with Crippen molar-refractivity contribution in [1.29, 1.82) is 0 Å². The highest BCUT2D eigenvalue weighted by molar-refractivity contribution is 9.09. The van der Waals surface area contributed by atoms with Crippen molar-refractivity contribution in [1.82, 2.24) is 0 Å². The highest BCUT2D eigenvalue weighted by atomic mass is 79.9. The average molecular weight is 536 g/mol. The number of halogens is 2. The summed E-state index contributed by atoms with van der Waals surface area (Å²) in [6, 6.07) is 0. The zero-order valence-electron chi connectivity index (χ0n) is 22.0. The third-order valence-corrected chi connectivity index (χ3v) is 7.85. The van der Waals surface area contributed by atoms with E-state index in [0.29, 0.717) is 0 Å². The highest BCUT2D eigenvalue weighted by Crippen LogP contribution is 2.16. The lowest BCUT2D eigenvalue weighted by atomic mass is 10.0. The van der Waals surface area contributed by atoms with Crippen LogP contribution in [-0.4, -0.2) is 11.2 Å². The van der Waals surface area contributed by atoms with E-state index in [-0.39, 0.29) is 0 Å². The Labute approximate surface area is 217 Å². The van der Waals surface area contributed by atoms with Crippen LogP contribution in [0.1, 0.15) is 180 Å². The Kier molecular flexibility index (Phi) is 32.5. The van der Waals surface area contributed by atoms with E-state index < -0.39 is 0 Å². The molecule has 0 amide bonds. The Bertz CT molecular complexity index is 277. The average Bonchev–Trinajstić information content (AvgIpc) is 2.81. The summed E-state index contributed by atoms with van der Waals surface area (Å²) in [5.41, 5.74) is 0. The van der Waals surface area contributed by atoms with Crippen LogP contribution in [0.4, 0.5) is 0 Å². The summed E-state index contributed by atoms with van der Waals surface area (Å²) in [5.74, 6) is 0.846. The number of rotatable bonds is 29. The smallest absolute Gasteiger partial charge is 0.0223 e. The van der Waals surface area contributed by atoms with E-state index in [9.17, 15) is 0 Å². The van der Waals surface area contributed by atoms with Crippen LogP contribution in [0.15, 0.2) is 0 Å². The molecule has 0 saturated heterocycles. The second-order valence-corrected chi connectivity index (χ2v) is 11.4. The molecule has 0 fully saturated rings. The van der Waals surface area contributed by atoms with Crippen molar-refractivity contribution >= 4 is 27.5 Å². The molecule has 194 valence electrons. The molecule has 0 saturated carbocycles. The lowest BCUT2D eigenvalue weighted by Crippen LogP contribution is -1.85. The zero-order valence-corrected chi connectivity index (χ0v) is 24.3. The van der Waals surface area contributed by atoms with Gasteiger partial charge in [-0.1, -0.05) is 183 Å². The molecule has 0 N–H and O–H groups in total. The van der Waals surface area contributed by atoms with Gasteiger partial charge in [0, 0.05) is 11.2 Å². The lowest BCUT2D eigenvalue weighted by Gasteiger charge is -2.04. The van der Waals surface area contributed by atoms with Crippen LogP contribution in [0.25, 0.3) is 0 Å². The molecule has 32 heavy (non-hydrogen) atoms. The standard InChI is InChI=1S/C30H60BrCl/c31-29-27-25-23-21-19-17-15-13-11-9-7-5-3-1-2-4-6-8-10-12-14-16-18-20-22-24-26-28-30-32/h1-30H2. The van der Waals surface area contributed by atoms with Gasteiger partial charge in [-0.05, 0) is 12.8 Å². The second kappa shape index (κ2) is 31.8. The van der Waals surface area contributed by atoms with E-state index in [1.165, 1.54) is 185 Å². The Morgan fingerprint density at radius 2 is 0.406 bits per heavy atom. The van der Waals surface area contributed by atoms with Gasteiger partial charge < -0.3 is 0 Å². The lowest BCUT2D eigenvalue weighted by molar-refractivity contribution is 0.514. The van der Waals surface area contributed by atoms with E-state index in [0.717, 1.165) is 5.88 Å². The minimum atomic E-state index is 0.846. The molecule has 0 aromatic heterocycles. The number of hydrogen-bond donors (Lipinski definition) is 0. The molecule has 0 aromatic rings. The predicted molar refractivity (Wildman–Crippen MR) is 154 cm³/mol. The number of hydrogen-bond acceptors (Lipinski definition) is 0. The first-order valence-corrected chi connectivity index (χ1v) is 16.7. The van der Waals surface area contributed by atoms with Crippen molar-refractivity contribution in [3.63, 3.8) is 0 Å². The maximum atomic E-state index is 5.71. The molecule has 0 aliphatic carbocycles. The van der Waals surface area contributed by atoms with Gasteiger partial charge in [-0.25, -0.2) is 0 Å². The van der Waals surface area contributed by atoms with Crippen LogP contribution in [0.5, 0.6) is 0 Å². The van der Waals surface area contributed by atoms with Crippen molar-refractivity contribution in [2.24, 2.45) is 0 Å². The van der Waals surface area contributed by atoms with Crippen LogP contribution >= 0.6 is 27.5 Å². The van der Waals surface area contributed by atoms with Gasteiger partial charge >= 0.3 is 0 Å². The van der Waals surface area contributed by atoms with Gasteiger partial charge in [0.2, 0.25) is 0 Å². The molecule has 0 atom stereocenters.